The first-order valence-electron chi connectivity index (χ1n) is 13.3. The van der Waals surface area contributed by atoms with Gasteiger partial charge in [-0.15, -0.1) is 0 Å². The minimum atomic E-state index is -0.512. The standard InChI is InChI=1S/C34H31BrO6/c1-39-34(38)30-21-29(28-14-8-9-15-31(28)35)26(16-18-32(36)40-22-24-10-4-2-5-11-24)20-27(30)17-19-33(37)41-23-25-12-6-3-7-13-25/h2-19,21,26-27,29H,20,22-23H2,1H3/b18-16+,19-17+/t26-,27+,29+/m1/s1. The van der Waals surface area contributed by atoms with Gasteiger partial charge in [-0.25, -0.2) is 14.4 Å². The average molecular weight is 616 g/mol. The van der Waals surface area contributed by atoms with Gasteiger partial charge in [0.15, 0.2) is 0 Å². The number of carbonyl (C=O) groups is 3. The molecule has 0 bridgehead atoms. The first kappa shape index (κ1) is 29.7. The van der Waals surface area contributed by atoms with Crippen LogP contribution in [0.15, 0.2) is 125 Å². The van der Waals surface area contributed by atoms with E-state index in [-0.39, 0.29) is 25.0 Å². The molecular weight excluding hydrogens is 584 g/mol. The Hall–Kier alpha value is -4.23. The van der Waals surface area contributed by atoms with Crippen molar-refractivity contribution in [3.8, 4) is 0 Å². The minimum absolute atomic E-state index is 0.148. The van der Waals surface area contributed by atoms with Gasteiger partial charge in [0.25, 0.3) is 0 Å². The maximum Gasteiger partial charge on any atom is 0.334 e. The molecule has 3 aromatic carbocycles. The summed E-state index contributed by atoms with van der Waals surface area (Å²) in [7, 11) is 1.33. The molecule has 0 radical (unpaired) electrons. The molecule has 0 saturated carbocycles. The third-order valence-electron chi connectivity index (χ3n) is 6.82. The first-order chi connectivity index (χ1) is 19.9. The number of hydrogen-bond donors (Lipinski definition) is 0. The lowest BCUT2D eigenvalue weighted by molar-refractivity contribution is -0.139. The molecule has 0 fully saturated rings. The largest absolute Gasteiger partial charge is 0.466 e. The summed E-state index contributed by atoms with van der Waals surface area (Å²) in [5.41, 5.74) is 3.18. The van der Waals surface area contributed by atoms with Gasteiger partial charge in [0.05, 0.1) is 7.11 Å². The fourth-order valence-corrected chi connectivity index (χ4v) is 5.29. The molecular formula is C34H31BrO6. The lowest BCUT2D eigenvalue weighted by Crippen LogP contribution is -2.26. The molecule has 0 spiro atoms. The maximum absolute atomic E-state index is 12.8. The van der Waals surface area contributed by atoms with Crippen molar-refractivity contribution in [3.63, 3.8) is 0 Å². The highest BCUT2D eigenvalue weighted by atomic mass is 79.9. The van der Waals surface area contributed by atoms with E-state index in [1.165, 1.54) is 19.3 Å². The van der Waals surface area contributed by atoms with Gasteiger partial charge < -0.3 is 14.2 Å². The molecule has 0 unspecified atom stereocenters. The molecule has 7 heteroatoms. The van der Waals surface area contributed by atoms with E-state index in [2.05, 4.69) is 15.9 Å². The Morgan fingerprint density at radius 2 is 1.32 bits per heavy atom. The highest BCUT2D eigenvalue weighted by Crippen LogP contribution is 2.43. The monoisotopic (exact) mass is 614 g/mol. The van der Waals surface area contributed by atoms with E-state index in [9.17, 15) is 14.4 Å². The number of allylic oxidation sites excluding steroid dienone is 3. The van der Waals surface area contributed by atoms with Gasteiger partial charge in [0, 0.05) is 34.0 Å². The molecule has 1 aliphatic rings. The number of benzene rings is 3. The number of esters is 3. The minimum Gasteiger partial charge on any atom is -0.466 e. The summed E-state index contributed by atoms with van der Waals surface area (Å²) in [6, 6.07) is 26.6. The van der Waals surface area contributed by atoms with E-state index >= 15 is 0 Å². The van der Waals surface area contributed by atoms with Crippen LogP contribution in [0, 0.1) is 11.8 Å². The number of carbonyl (C=O) groups excluding carboxylic acids is 3. The van der Waals surface area contributed by atoms with E-state index < -0.39 is 23.8 Å². The third kappa shape index (κ3) is 8.63. The normalized spacial score (nSPS) is 18.6. The number of rotatable bonds is 10. The second-order valence-corrected chi connectivity index (χ2v) is 10.4. The molecule has 0 heterocycles. The highest BCUT2D eigenvalue weighted by Gasteiger charge is 2.34. The number of ether oxygens (including phenoxy) is 3. The summed E-state index contributed by atoms with van der Waals surface area (Å²) in [5.74, 6) is -2.28. The van der Waals surface area contributed by atoms with Crippen LogP contribution < -0.4 is 0 Å². The molecule has 3 aromatic rings. The molecule has 0 aliphatic heterocycles. The molecule has 6 nitrogen and oxygen atoms in total. The topological polar surface area (TPSA) is 78.9 Å². The SMILES string of the molecule is COC(=O)C1=C[C@H](c2ccccc2Br)[C@H](/C=C/C(=O)OCc2ccccc2)C[C@@H]1/C=C/C(=O)OCc1ccccc1. The summed E-state index contributed by atoms with van der Waals surface area (Å²) in [4.78, 5) is 37.9. The zero-order valence-corrected chi connectivity index (χ0v) is 24.2. The maximum atomic E-state index is 12.8. The fourth-order valence-electron chi connectivity index (χ4n) is 4.74. The Morgan fingerprint density at radius 3 is 1.88 bits per heavy atom. The van der Waals surface area contributed by atoms with Crippen molar-refractivity contribution >= 4 is 33.8 Å². The van der Waals surface area contributed by atoms with Crippen LogP contribution in [0.5, 0.6) is 0 Å². The zero-order valence-electron chi connectivity index (χ0n) is 22.7. The molecule has 0 aromatic heterocycles. The Labute approximate surface area is 248 Å². The van der Waals surface area contributed by atoms with E-state index in [4.69, 9.17) is 14.2 Å². The van der Waals surface area contributed by atoms with Crippen LogP contribution in [-0.2, 0) is 41.8 Å². The smallest absolute Gasteiger partial charge is 0.334 e. The van der Waals surface area contributed by atoms with Gasteiger partial charge in [-0.3, -0.25) is 0 Å². The van der Waals surface area contributed by atoms with Gasteiger partial charge in [0.2, 0.25) is 0 Å². The van der Waals surface area contributed by atoms with Crippen molar-refractivity contribution in [3.05, 3.63) is 142 Å². The molecule has 4 rings (SSSR count). The van der Waals surface area contributed by atoms with E-state index in [0.29, 0.717) is 12.0 Å². The molecule has 210 valence electrons. The quantitative estimate of drug-likeness (QED) is 0.141. The second-order valence-electron chi connectivity index (χ2n) is 9.57. The molecule has 0 N–H and O–H groups in total. The van der Waals surface area contributed by atoms with Gasteiger partial charge in [0.1, 0.15) is 13.2 Å². The summed E-state index contributed by atoms with van der Waals surface area (Å²) >= 11 is 3.63. The van der Waals surface area contributed by atoms with Crippen molar-refractivity contribution < 1.29 is 28.6 Å². The number of hydrogen-bond acceptors (Lipinski definition) is 6. The first-order valence-corrected chi connectivity index (χ1v) is 14.1. The van der Waals surface area contributed by atoms with Gasteiger partial charge in [-0.2, -0.15) is 0 Å². The van der Waals surface area contributed by atoms with Crippen molar-refractivity contribution in [1.29, 1.82) is 0 Å². The van der Waals surface area contributed by atoms with Crippen molar-refractivity contribution in [2.75, 3.05) is 7.11 Å². The molecule has 0 amide bonds. The number of methoxy groups -OCH3 is 1. The summed E-state index contributed by atoms with van der Waals surface area (Å²) in [6.45, 7) is 0.320. The Balaban J connectivity index is 1.55. The van der Waals surface area contributed by atoms with Gasteiger partial charge in [-0.05, 0) is 35.1 Å². The molecule has 41 heavy (non-hydrogen) atoms. The van der Waals surface area contributed by atoms with Crippen LogP contribution in [0.2, 0.25) is 0 Å². The number of halogens is 1. The van der Waals surface area contributed by atoms with Crippen LogP contribution in [-0.4, -0.2) is 25.0 Å². The predicted molar refractivity (Wildman–Crippen MR) is 159 cm³/mol. The van der Waals surface area contributed by atoms with E-state index in [1.54, 1.807) is 6.08 Å². The fraction of sp³-hybridized carbons (Fsp3) is 0.206. The Morgan fingerprint density at radius 1 is 0.780 bits per heavy atom. The summed E-state index contributed by atoms with van der Waals surface area (Å²) in [6.07, 6.45) is 8.58. The van der Waals surface area contributed by atoms with E-state index in [1.807, 2.05) is 97.1 Å². The van der Waals surface area contributed by atoms with E-state index in [0.717, 1.165) is 21.2 Å². The average Bonchev–Trinajstić information content (AvgIpc) is 3.01. The van der Waals surface area contributed by atoms with Crippen molar-refractivity contribution in [1.82, 2.24) is 0 Å². The molecule has 3 atom stereocenters. The highest BCUT2D eigenvalue weighted by molar-refractivity contribution is 9.10. The summed E-state index contributed by atoms with van der Waals surface area (Å²) in [5, 5.41) is 0. The molecule has 1 aliphatic carbocycles. The van der Waals surface area contributed by atoms with Gasteiger partial charge >= 0.3 is 17.9 Å². The third-order valence-corrected chi connectivity index (χ3v) is 7.55. The van der Waals surface area contributed by atoms with Crippen molar-refractivity contribution in [2.45, 2.75) is 25.6 Å². The lowest BCUT2D eigenvalue weighted by Gasteiger charge is -2.32. The van der Waals surface area contributed by atoms with Crippen LogP contribution in [0.4, 0.5) is 0 Å². The van der Waals surface area contributed by atoms with Crippen LogP contribution in [0.25, 0.3) is 0 Å². The van der Waals surface area contributed by atoms with Gasteiger partial charge in [-0.1, -0.05) is 113 Å². The molecule has 0 saturated heterocycles. The van der Waals surface area contributed by atoms with Crippen molar-refractivity contribution in [2.24, 2.45) is 11.8 Å². The Kier molecular flexibility index (Phi) is 10.9. The Bertz CT molecular complexity index is 1430. The predicted octanol–water partition coefficient (Wildman–Crippen LogP) is 6.87. The van der Waals surface area contributed by atoms with Crippen LogP contribution in [0.3, 0.4) is 0 Å². The summed E-state index contributed by atoms with van der Waals surface area (Å²) < 4.78 is 16.8. The second kappa shape index (κ2) is 15.0. The van der Waals surface area contributed by atoms with Crippen LogP contribution in [0.1, 0.15) is 29.0 Å². The lowest BCUT2D eigenvalue weighted by atomic mass is 9.72. The zero-order chi connectivity index (χ0) is 29.0. The van der Waals surface area contributed by atoms with Crippen LogP contribution >= 0.6 is 15.9 Å².